The first-order valence-corrected chi connectivity index (χ1v) is 7.59. The summed E-state index contributed by atoms with van der Waals surface area (Å²) in [6.07, 6.45) is -2.92. The number of ketones is 1. The third kappa shape index (κ3) is 3.79. The Bertz CT molecular complexity index is 815. The van der Waals surface area contributed by atoms with Crippen molar-refractivity contribution in [3.8, 4) is 11.8 Å². The van der Waals surface area contributed by atoms with Crippen LogP contribution in [0, 0.1) is 17.2 Å². The van der Waals surface area contributed by atoms with Crippen molar-refractivity contribution in [2.24, 2.45) is 5.92 Å². The SMILES string of the molecule is N#C[C@H](C(=O)[C@H]1C[C@H]1c1ccccc1OC(F)(F)F)c1ccccn1. The molecular weight excluding hydrogens is 333 g/mol. The van der Waals surface area contributed by atoms with E-state index in [-0.39, 0.29) is 17.5 Å². The monoisotopic (exact) mass is 346 g/mol. The largest absolute Gasteiger partial charge is 0.573 e. The number of halogens is 3. The van der Waals surface area contributed by atoms with Crippen molar-refractivity contribution in [2.45, 2.75) is 24.6 Å². The van der Waals surface area contributed by atoms with Gasteiger partial charge >= 0.3 is 6.36 Å². The number of carbonyl (C=O) groups is 1. The molecule has 1 fully saturated rings. The Hall–Kier alpha value is -2.88. The van der Waals surface area contributed by atoms with Gasteiger partial charge in [0.1, 0.15) is 11.7 Å². The molecule has 3 rings (SSSR count). The van der Waals surface area contributed by atoms with E-state index in [1.54, 1.807) is 24.3 Å². The van der Waals surface area contributed by atoms with Crippen molar-refractivity contribution in [1.82, 2.24) is 4.98 Å². The summed E-state index contributed by atoms with van der Waals surface area (Å²) in [4.78, 5) is 16.6. The van der Waals surface area contributed by atoms with Gasteiger partial charge in [-0.25, -0.2) is 0 Å². The summed E-state index contributed by atoms with van der Waals surface area (Å²) < 4.78 is 41.6. The molecule has 128 valence electrons. The van der Waals surface area contributed by atoms with E-state index >= 15 is 0 Å². The molecule has 0 bridgehead atoms. The maximum Gasteiger partial charge on any atom is 0.573 e. The Morgan fingerprint density at radius 2 is 1.96 bits per heavy atom. The molecule has 1 aliphatic rings. The minimum Gasteiger partial charge on any atom is -0.405 e. The van der Waals surface area contributed by atoms with Crippen LogP contribution in [-0.4, -0.2) is 17.1 Å². The molecule has 2 aromatic rings. The van der Waals surface area contributed by atoms with Crippen LogP contribution in [0.2, 0.25) is 0 Å². The van der Waals surface area contributed by atoms with E-state index in [1.807, 2.05) is 6.07 Å². The highest BCUT2D eigenvalue weighted by molar-refractivity contribution is 5.93. The van der Waals surface area contributed by atoms with Gasteiger partial charge in [-0.2, -0.15) is 5.26 Å². The van der Waals surface area contributed by atoms with E-state index in [2.05, 4.69) is 9.72 Å². The number of pyridine rings is 1. The summed E-state index contributed by atoms with van der Waals surface area (Å²) in [5, 5.41) is 9.31. The summed E-state index contributed by atoms with van der Waals surface area (Å²) in [6.45, 7) is 0. The Balaban J connectivity index is 1.79. The molecule has 0 N–H and O–H groups in total. The van der Waals surface area contributed by atoms with Crippen molar-refractivity contribution in [3.63, 3.8) is 0 Å². The molecular formula is C18H13F3N2O2. The molecule has 0 spiro atoms. The summed E-state index contributed by atoms with van der Waals surface area (Å²) in [6, 6.07) is 12.7. The number of hydrogen-bond donors (Lipinski definition) is 0. The molecule has 1 aromatic heterocycles. The van der Waals surface area contributed by atoms with Crippen LogP contribution in [0.1, 0.15) is 29.5 Å². The first kappa shape index (κ1) is 17.0. The Kier molecular flexibility index (Phi) is 4.45. The van der Waals surface area contributed by atoms with Crippen LogP contribution in [0.4, 0.5) is 13.2 Å². The van der Waals surface area contributed by atoms with Crippen LogP contribution in [-0.2, 0) is 4.79 Å². The van der Waals surface area contributed by atoms with E-state index in [9.17, 15) is 23.2 Å². The number of para-hydroxylation sites is 1. The van der Waals surface area contributed by atoms with Crippen LogP contribution in [0.15, 0.2) is 48.7 Å². The third-order valence-corrected chi connectivity index (χ3v) is 4.10. The second-order valence-corrected chi connectivity index (χ2v) is 5.75. The molecule has 0 saturated heterocycles. The van der Waals surface area contributed by atoms with Crippen molar-refractivity contribution < 1.29 is 22.7 Å². The molecule has 1 aromatic carbocycles. The number of nitrogens with zero attached hydrogens (tertiary/aromatic N) is 2. The fourth-order valence-electron chi connectivity index (χ4n) is 2.89. The Labute approximate surface area is 141 Å². The summed E-state index contributed by atoms with van der Waals surface area (Å²) in [7, 11) is 0. The number of Topliss-reactive ketones (excluding diaryl/α,β-unsaturated/α-hetero) is 1. The number of nitriles is 1. The average Bonchev–Trinajstić information content (AvgIpc) is 3.36. The maximum absolute atomic E-state index is 12.6. The van der Waals surface area contributed by atoms with Gasteiger partial charge in [-0.15, -0.1) is 13.2 Å². The normalized spacial score (nSPS) is 20.4. The van der Waals surface area contributed by atoms with Crippen LogP contribution < -0.4 is 4.74 Å². The molecule has 1 aliphatic carbocycles. The summed E-state index contributed by atoms with van der Waals surface area (Å²) in [5.41, 5.74) is 0.677. The summed E-state index contributed by atoms with van der Waals surface area (Å²) in [5.74, 6) is -2.54. The van der Waals surface area contributed by atoms with Gasteiger partial charge in [0, 0.05) is 12.1 Å². The number of alkyl halides is 3. The quantitative estimate of drug-likeness (QED) is 0.822. The average molecular weight is 346 g/mol. The standard InChI is InChI=1S/C18H13F3N2O2/c19-18(20,21)25-16-7-2-1-5-11(16)12-9-13(12)17(24)14(10-22)15-6-3-4-8-23-15/h1-8,12-14H,9H2/t12-,13-,14-/m0/s1. The van der Waals surface area contributed by atoms with Gasteiger partial charge in [-0.05, 0) is 36.1 Å². The predicted octanol–water partition coefficient (Wildman–Crippen LogP) is 3.96. The van der Waals surface area contributed by atoms with E-state index in [0.717, 1.165) is 0 Å². The lowest BCUT2D eigenvalue weighted by atomic mass is 9.95. The number of aromatic nitrogens is 1. The van der Waals surface area contributed by atoms with Crippen molar-refractivity contribution in [1.29, 1.82) is 5.26 Å². The van der Waals surface area contributed by atoms with Gasteiger partial charge in [0.2, 0.25) is 0 Å². The first-order chi connectivity index (χ1) is 11.9. The fraction of sp³-hybridized carbons (Fsp3) is 0.278. The highest BCUT2D eigenvalue weighted by atomic mass is 19.4. The lowest BCUT2D eigenvalue weighted by Gasteiger charge is -2.13. The summed E-state index contributed by atoms with van der Waals surface area (Å²) >= 11 is 0. The smallest absolute Gasteiger partial charge is 0.405 e. The number of hydrogen-bond acceptors (Lipinski definition) is 4. The molecule has 4 nitrogen and oxygen atoms in total. The van der Waals surface area contributed by atoms with Gasteiger partial charge in [-0.3, -0.25) is 9.78 Å². The molecule has 25 heavy (non-hydrogen) atoms. The maximum atomic E-state index is 12.6. The zero-order valence-corrected chi connectivity index (χ0v) is 12.9. The number of benzene rings is 1. The zero-order valence-electron chi connectivity index (χ0n) is 12.9. The van der Waals surface area contributed by atoms with Crippen molar-refractivity contribution >= 4 is 5.78 Å². The van der Waals surface area contributed by atoms with E-state index in [1.165, 1.54) is 24.4 Å². The zero-order chi connectivity index (χ0) is 18.0. The second kappa shape index (κ2) is 6.55. The molecule has 0 aliphatic heterocycles. The molecule has 0 radical (unpaired) electrons. The minimum atomic E-state index is -4.80. The van der Waals surface area contributed by atoms with Gasteiger partial charge < -0.3 is 4.74 Å². The van der Waals surface area contributed by atoms with Gasteiger partial charge in [0.25, 0.3) is 0 Å². The lowest BCUT2D eigenvalue weighted by Crippen LogP contribution is -2.18. The molecule has 7 heteroatoms. The third-order valence-electron chi connectivity index (χ3n) is 4.10. The topological polar surface area (TPSA) is 63.0 Å². The van der Waals surface area contributed by atoms with Crippen molar-refractivity contribution in [3.05, 3.63) is 59.9 Å². The van der Waals surface area contributed by atoms with Crippen LogP contribution >= 0.6 is 0 Å². The van der Waals surface area contributed by atoms with Crippen molar-refractivity contribution in [2.75, 3.05) is 0 Å². The fourth-order valence-corrected chi connectivity index (χ4v) is 2.89. The molecule has 1 heterocycles. The van der Waals surface area contributed by atoms with Gasteiger partial charge in [0.05, 0.1) is 11.8 Å². The number of ether oxygens (including phenoxy) is 1. The molecule has 1 saturated carbocycles. The lowest BCUT2D eigenvalue weighted by molar-refractivity contribution is -0.274. The first-order valence-electron chi connectivity index (χ1n) is 7.59. The number of rotatable bonds is 5. The van der Waals surface area contributed by atoms with E-state index in [0.29, 0.717) is 17.7 Å². The molecule has 3 atom stereocenters. The predicted molar refractivity (Wildman–Crippen MR) is 81.6 cm³/mol. The molecule has 0 unspecified atom stereocenters. The van der Waals surface area contributed by atoms with Crippen LogP contribution in [0.3, 0.4) is 0 Å². The Morgan fingerprint density at radius 1 is 1.24 bits per heavy atom. The minimum absolute atomic E-state index is 0.304. The Morgan fingerprint density at radius 3 is 2.60 bits per heavy atom. The van der Waals surface area contributed by atoms with Crippen LogP contribution in [0.25, 0.3) is 0 Å². The highest BCUT2D eigenvalue weighted by Crippen LogP contribution is 2.52. The highest BCUT2D eigenvalue weighted by Gasteiger charge is 2.48. The van der Waals surface area contributed by atoms with E-state index in [4.69, 9.17) is 0 Å². The van der Waals surface area contributed by atoms with Gasteiger partial charge in [0.15, 0.2) is 5.78 Å². The van der Waals surface area contributed by atoms with Gasteiger partial charge in [-0.1, -0.05) is 24.3 Å². The number of carbonyl (C=O) groups excluding carboxylic acids is 1. The van der Waals surface area contributed by atoms with Crippen LogP contribution in [0.5, 0.6) is 5.75 Å². The second-order valence-electron chi connectivity index (χ2n) is 5.75. The van der Waals surface area contributed by atoms with E-state index < -0.39 is 18.2 Å². The molecule has 0 amide bonds.